The van der Waals surface area contributed by atoms with Crippen molar-refractivity contribution in [3.05, 3.63) is 194 Å². The predicted molar refractivity (Wildman–Crippen MR) is 241 cm³/mol. The normalized spacial score (nSPS) is 12.1. The summed E-state index contributed by atoms with van der Waals surface area (Å²) in [4.78, 5) is 0. The minimum atomic E-state index is 0.816. The summed E-state index contributed by atoms with van der Waals surface area (Å²) in [5.74, 6) is 0. The standard InChI is InChI=1S/C54H32N2O2/c1-3-11-33(12-4-1)34-19-23-49-41(27-34)42-28-35(20-24-50(42)55(49)37-13-5-2-6-14-37)36-21-25-51-43(29-36)45-31-46-44-30-38(22-26-52(44)58-54(46)32-53(45)57-51)56-47-17-9-7-15-39(47)40-16-8-10-18-48(40)56/h1-32H. The van der Waals surface area contributed by atoms with Crippen LogP contribution in [0.4, 0.5) is 0 Å². The molecule has 270 valence electrons. The molecule has 9 aromatic carbocycles. The van der Waals surface area contributed by atoms with Gasteiger partial charge in [0.05, 0.1) is 22.1 Å². The Bertz CT molecular complexity index is 3730. The average Bonchev–Trinajstić information content (AvgIpc) is 4.02. The van der Waals surface area contributed by atoms with Crippen molar-refractivity contribution in [2.45, 2.75) is 0 Å². The number of rotatable bonds is 4. The Balaban J connectivity index is 0.982. The molecule has 4 heterocycles. The molecule has 58 heavy (non-hydrogen) atoms. The Hall–Kier alpha value is -7.82. The van der Waals surface area contributed by atoms with Crippen LogP contribution >= 0.6 is 0 Å². The van der Waals surface area contributed by atoms with Crippen molar-refractivity contribution in [2.24, 2.45) is 0 Å². The van der Waals surface area contributed by atoms with Crippen LogP contribution < -0.4 is 0 Å². The fourth-order valence-corrected chi connectivity index (χ4v) is 9.42. The van der Waals surface area contributed by atoms with Gasteiger partial charge in [-0.05, 0) is 107 Å². The van der Waals surface area contributed by atoms with Gasteiger partial charge in [-0.2, -0.15) is 0 Å². The third-order valence-corrected chi connectivity index (χ3v) is 12.1. The van der Waals surface area contributed by atoms with Crippen molar-refractivity contribution >= 4 is 87.5 Å². The van der Waals surface area contributed by atoms with E-state index in [0.717, 1.165) is 66.4 Å². The third kappa shape index (κ3) is 4.51. The Morgan fingerprint density at radius 3 is 1.33 bits per heavy atom. The lowest BCUT2D eigenvalue weighted by atomic mass is 9.99. The molecular formula is C54H32N2O2. The lowest BCUT2D eigenvalue weighted by molar-refractivity contribution is 0.656. The number of nitrogens with zero attached hydrogens (tertiary/aromatic N) is 2. The lowest BCUT2D eigenvalue weighted by Crippen LogP contribution is -1.93. The Kier molecular flexibility index (Phi) is 6.41. The van der Waals surface area contributed by atoms with Gasteiger partial charge in [-0.1, -0.05) is 103 Å². The topological polar surface area (TPSA) is 36.1 Å². The summed E-state index contributed by atoms with van der Waals surface area (Å²) in [6, 6.07) is 69.7. The van der Waals surface area contributed by atoms with E-state index in [-0.39, 0.29) is 0 Å². The van der Waals surface area contributed by atoms with Crippen LogP contribution in [0.15, 0.2) is 203 Å². The molecule has 0 aliphatic rings. The predicted octanol–water partition coefficient (Wildman–Crippen LogP) is 15.0. The molecule has 4 aromatic heterocycles. The number of para-hydroxylation sites is 3. The summed E-state index contributed by atoms with van der Waals surface area (Å²) in [5.41, 5.74) is 15.1. The van der Waals surface area contributed by atoms with Gasteiger partial charge in [0.2, 0.25) is 0 Å². The second-order valence-electron chi connectivity index (χ2n) is 15.3. The van der Waals surface area contributed by atoms with E-state index >= 15 is 0 Å². The molecule has 0 saturated heterocycles. The maximum absolute atomic E-state index is 6.49. The highest BCUT2D eigenvalue weighted by Crippen LogP contribution is 2.42. The fourth-order valence-electron chi connectivity index (χ4n) is 9.42. The van der Waals surface area contributed by atoms with E-state index in [4.69, 9.17) is 8.83 Å². The first kappa shape index (κ1) is 31.4. The van der Waals surface area contributed by atoms with Crippen molar-refractivity contribution in [3.8, 4) is 33.6 Å². The first-order valence-corrected chi connectivity index (χ1v) is 19.7. The van der Waals surface area contributed by atoms with Crippen molar-refractivity contribution in [2.75, 3.05) is 0 Å². The average molecular weight is 741 g/mol. The molecule has 4 nitrogen and oxygen atoms in total. The Labute approximate surface area is 332 Å². The van der Waals surface area contributed by atoms with Crippen LogP contribution in [0.3, 0.4) is 0 Å². The monoisotopic (exact) mass is 740 g/mol. The summed E-state index contributed by atoms with van der Waals surface area (Å²) >= 11 is 0. The third-order valence-electron chi connectivity index (χ3n) is 12.1. The molecule has 0 atom stereocenters. The minimum absolute atomic E-state index is 0.816. The molecule has 0 amide bonds. The van der Waals surface area contributed by atoms with Crippen LogP contribution in [0.5, 0.6) is 0 Å². The fraction of sp³-hybridized carbons (Fsp3) is 0. The van der Waals surface area contributed by atoms with E-state index in [1.54, 1.807) is 0 Å². The molecule has 0 saturated carbocycles. The molecule has 13 rings (SSSR count). The number of benzene rings is 9. The van der Waals surface area contributed by atoms with Gasteiger partial charge in [-0.3, -0.25) is 0 Å². The number of hydrogen-bond donors (Lipinski definition) is 0. The highest BCUT2D eigenvalue weighted by atomic mass is 16.3. The number of hydrogen-bond acceptors (Lipinski definition) is 2. The molecule has 0 fully saturated rings. The number of aromatic nitrogens is 2. The summed E-state index contributed by atoms with van der Waals surface area (Å²) in [7, 11) is 0. The first-order valence-electron chi connectivity index (χ1n) is 19.7. The molecule has 0 spiro atoms. The van der Waals surface area contributed by atoms with Gasteiger partial charge in [-0.25, -0.2) is 0 Å². The maximum atomic E-state index is 6.49. The van der Waals surface area contributed by atoms with Crippen LogP contribution in [0.2, 0.25) is 0 Å². The quantitative estimate of drug-likeness (QED) is 0.180. The molecule has 4 heteroatoms. The van der Waals surface area contributed by atoms with Gasteiger partial charge >= 0.3 is 0 Å². The molecular weight excluding hydrogens is 709 g/mol. The summed E-state index contributed by atoms with van der Waals surface area (Å²) in [6.07, 6.45) is 0. The molecule has 0 bridgehead atoms. The van der Waals surface area contributed by atoms with Gasteiger partial charge in [-0.15, -0.1) is 0 Å². The van der Waals surface area contributed by atoms with Gasteiger partial charge in [0.25, 0.3) is 0 Å². The van der Waals surface area contributed by atoms with E-state index in [0.29, 0.717) is 0 Å². The van der Waals surface area contributed by atoms with Crippen LogP contribution in [-0.2, 0) is 0 Å². The molecule has 0 radical (unpaired) electrons. The van der Waals surface area contributed by atoms with Gasteiger partial charge < -0.3 is 18.0 Å². The molecule has 0 N–H and O–H groups in total. The number of fused-ring (bicyclic) bond motifs is 12. The molecule has 0 aliphatic heterocycles. The SMILES string of the molecule is c1ccc(-c2ccc3c(c2)c2cc(-c4ccc5oc6cc7oc8ccc(-n9c%10ccccc%10c%10ccccc%109)cc8c7cc6c5c4)ccc2n3-c2ccccc2)cc1. The van der Waals surface area contributed by atoms with E-state index in [9.17, 15) is 0 Å². The zero-order valence-corrected chi connectivity index (χ0v) is 31.2. The van der Waals surface area contributed by atoms with Crippen LogP contribution in [0.1, 0.15) is 0 Å². The number of furan rings is 2. The van der Waals surface area contributed by atoms with E-state index in [1.807, 2.05) is 0 Å². The highest BCUT2D eigenvalue weighted by molar-refractivity contribution is 6.17. The zero-order valence-electron chi connectivity index (χ0n) is 31.2. The molecule has 0 unspecified atom stereocenters. The Morgan fingerprint density at radius 2 is 0.690 bits per heavy atom. The largest absolute Gasteiger partial charge is 0.456 e. The van der Waals surface area contributed by atoms with Crippen molar-refractivity contribution in [1.29, 1.82) is 0 Å². The van der Waals surface area contributed by atoms with Crippen LogP contribution in [-0.4, -0.2) is 9.13 Å². The Morgan fingerprint density at radius 1 is 0.241 bits per heavy atom. The minimum Gasteiger partial charge on any atom is -0.456 e. The second kappa shape index (κ2) is 11.8. The second-order valence-corrected chi connectivity index (χ2v) is 15.3. The molecule has 0 aliphatic carbocycles. The smallest absolute Gasteiger partial charge is 0.139 e. The summed E-state index contributed by atoms with van der Waals surface area (Å²) < 4.78 is 17.7. The van der Waals surface area contributed by atoms with Crippen molar-refractivity contribution < 1.29 is 8.83 Å². The van der Waals surface area contributed by atoms with Crippen molar-refractivity contribution in [3.63, 3.8) is 0 Å². The van der Waals surface area contributed by atoms with E-state index in [1.165, 1.54) is 54.7 Å². The maximum Gasteiger partial charge on any atom is 0.139 e. The summed E-state index contributed by atoms with van der Waals surface area (Å²) in [6.45, 7) is 0. The van der Waals surface area contributed by atoms with Crippen molar-refractivity contribution in [1.82, 2.24) is 9.13 Å². The highest BCUT2D eigenvalue weighted by Gasteiger charge is 2.19. The summed E-state index contributed by atoms with van der Waals surface area (Å²) in [5, 5.41) is 9.25. The zero-order chi connectivity index (χ0) is 37.9. The van der Waals surface area contributed by atoms with Gasteiger partial charge in [0, 0.05) is 60.5 Å². The lowest BCUT2D eigenvalue weighted by Gasteiger charge is -2.08. The van der Waals surface area contributed by atoms with Crippen LogP contribution in [0.25, 0.3) is 121 Å². The van der Waals surface area contributed by atoms with Gasteiger partial charge in [0.1, 0.15) is 22.3 Å². The molecule has 13 aromatic rings. The van der Waals surface area contributed by atoms with E-state index in [2.05, 4.69) is 203 Å². The van der Waals surface area contributed by atoms with E-state index < -0.39 is 0 Å². The van der Waals surface area contributed by atoms with Crippen LogP contribution in [0, 0.1) is 0 Å². The first-order chi connectivity index (χ1) is 28.7. The van der Waals surface area contributed by atoms with Gasteiger partial charge in [0.15, 0.2) is 0 Å².